The largest absolute Gasteiger partial charge is 0.507 e. The van der Waals surface area contributed by atoms with Gasteiger partial charge in [-0.05, 0) is 26.0 Å². The van der Waals surface area contributed by atoms with Crippen LogP contribution in [0.4, 0.5) is 0 Å². The molecule has 1 atom stereocenters. The first-order valence-corrected chi connectivity index (χ1v) is 5.81. The molecule has 0 aliphatic rings. The van der Waals surface area contributed by atoms with Crippen molar-refractivity contribution in [1.82, 2.24) is 10.2 Å². The first-order chi connectivity index (χ1) is 8.47. The molecule has 0 radical (unpaired) electrons. The van der Waals surface area contributed by atoms with Gasteiger partial charge in [0, 0.05) is 13.6 Å². The molecule has 1 aromatic carbocycles. The van der Waals surface area contributed by atoms with E-state index in [1.54, 1.807) is 26.1 Å². The van der Waals surface area contributed by atoms with Crippen LogP contribution in [0, 0.1) is 0 Å². The monoisotopic (exact) mass is 250 g/mol. The summed E-state index contributed by atoms with van der Waals surface area (Å²) in [4.78, 5) is 25.1. The highest BCUT2D eigenvalue weighted by Gasteiger charge is 2.20. The highest BCUT2D eigenvalue weighted by atomic mass is 16.3. The molecular weight excluding hydrogens is 232 g/mol. The minimum atomic E-state index is -0.623. The van der Waals surface area contributed by atoms with Crippen molar-refractivity contribution in [3.63, 3.8) is 0 Å². The predicted octanol–water partition coefficient (Wildman–Crippen LogP) is 0.989. The third kappa shape index (κ3) is 3.23. The van der Waals surface area contributed by atoms with E-state index in [1.807, 2.05) is 6.92 Å². The van der Waals surface area contributed by atoms with Crippen LogP contribution in [-0.4, -0.2) is 41.5 Å². The Hall–Kier alpha value is -2.04. The highest BCUT2D eigenvalue weighted by molar-refractivity contribution is 5.99. The maximum absolute atomic E-state index is 11.8. The molecule has 18 heavy (non-hydrogen) atoms. The molecule has 1 unspecified atom stereocenters. The topological polar surface area (TPSA) is 69.6 Å². The van der Waals surface area contributed by atoms with E-state index >= 15 is 0 Å². The van der Waals surface area contributed by atoms with Crippen LogP contribution in [0.3, 0.4) is 0 Å². The molecule has 1 aromatic rings. The van der Waals surface area contributed by atoms with Gasteiger partial charge in [-0.15, -0.1) is 0 Å². The summed E-state index contributed by atoms with van der Waals surface area (Å²) >= 11 is 0. The molecular formula is C13H18N2O3. The predicted molar refractivity (Wildman–Crippen MR) is 68.3 cm³/mol. The molecule has 0 saturated carbocycles. The minimum absolute atomic E-state index is 0.0986. The van der Waals surface area contributed by atoms with Gasteiger partial charge in [0.15, 0.2) is 0 Å². The van der Waals surface area contributed by atoms with Gasteiger partial charge >= 0.3 is 0 Å². The fourth-order valence-corrected chi connectivity index (χ4v) is 1.49. The number of para-hydroxylation sites is 1. The zero-order chi connectivity index (χ0) is 13.7. The first kappa shape index (κ1) is 14.0. The lowest BCUT2D eigenvalue weighted by atomic mass is 10.1. The van der Waals surface area contributed by atoms with Crippen LogP contribution in [0.1, 0.15) is 24.2 Å². The summed E-state index contributed by atoms with van der Waals surface area (Å²) in [6.45, 7) is 4.05. The molecule has 98 valence electrons. The van der Waals surface area contributed by atoms with E-state index in [4.69, 9.17) is 0 Å². The van der Waals surface area contributed by atoms with Crippen molar-refractivity contribution in [2.45, 2.75) is 19.9 Å². The van der Waals surface area contributed by atoms with Crippen molar-refractivity contribution in [3.8, 4) is 5.75 Å². The van der Waals surface area contributed by atoms with Gasteiger partial charge in [0.05, 0.1) is 5.56 Å². The highest BCUT2D eigenvalue weighted by Crippen LogP contribution is 2.15. The Labute approximate surface area is 106 Å². The quantitative estimate of drug-likeness (QED) is 0.837. The lowest BCUT2D eigenvalue weighted by molar-refractivity contribution is -0.131. The van der Waals surface area contributed by atoms with Crippen molar-refractivity contribution < 1.29 is 14.7 Å². The molecule has 1 rings (SSSR count). The van der Waals surface area contributed by atoms with Gasteiger partial charge in [-0.25, -0.2) is 0 Å². The van der Waals surface area contributed by atoms with Crippen molar-refractivity contribution in [3.05, 3.63) is 29.8 Å². The Balaban J connectivity index is 2.71. The van der Waals surface area contributed by atoms with Gasteiger partial charge < -0.3 is 15.3 Å². The number of phenolic OH excluding ortho intramolecular Hbond substituents is 1. The number of phenols is 1. The van der Waals surface area contributed by atoms with Crippen molar-refractivity contribution in [2.75, 3.05) is 13.6 Å². The van der Waals surface area contributed by atoms with E-state index < -0.39 is 11.9 Å². The Kier molecular flexibility index (Phi) is 4.71. The Bertz CT molecular complexity index is 446. The normalized spacial score (nSPS) is 11.7. The van der Waals surface area contributed by atoms with E-state index in [0.29, 0.717) is 6.54 Å². The first-order valence-electron chi connectivity index (χ1n) is 5.81. The number of benzene rings is 1. The summed E-state index contributed by atoms with van der Waals surface area (Å²) in [6, 6.07) is 5.59. The summed E-state index contributed by atoms with van der Waals surface area (Å²) in [6.07, 6.45) is 0. The lowest BCUT2D eigenvalue weighted by Gasteiger charge is -2.20. The molecule has 0 spiro atoms. The third-order valence-electron chi connectivity index (χ3n) is 2.72. The van der Waals surface area contributed by atoms with Crippen LogP contribution in [0.2, 0.25) is 0 Å². The summed E-state index contributed by atoms with van der Waals surface area (Å²) < 4.78 is 0. The second kappa shape index (κ2) is 6.05. The average Bonchev–Trinajstić information content (AvgIpc) is 2.37. The number of nitrogens with one attached hydrogen (secondary N) is 1. The second-order valence-electron chi connectivity index (χ2n) is 4.06. The summed E-state index contributed by atoms with van der Waals surface area (Å²) in [5, 5.41) is 12.1. The molecule has 0 aliphatic carbocycles. The summed E-state index contributed by atoms with van der Waals surface area (Å²) in [7, 11) is 1.67. The van der Waals surface area contributed by atoms with Crippen LogP contribution in [0.15, 0.2) is 24.3 Å². The smallest absolute Gasteiger partial charge is 0.255 e. The molecule has 0 fully saturated rings. The minimum Gasteiger partial charge on any atom is -0.507 e. The molecule has 2 N–H and O–H groups in total. The van der Waals surface area contributed by atoms with Crippen molar-refractivity contribution in [1.29, 1.82) is 0 Å². The van der Waals surface area contributed by atoms with E-state index in [0.717, 1.165) is 0 Å². The van der Waals surface area contributed by atoms with Gasteiger partial charge in [-0.2, -0.15) is 0 Å². The van der Waals surface area contributed by atoms with Crippen LogP contribution >= 0.6 is 0 Å². The molecule has 5 heteroatoms. The van der Waals surface area contributed by atoms with E-state index in [1.165, 1.54) is 17.0 Å². The van der Waals surface area contributed by atoms with Gasteiger partial charge in [0.2, 0.25) is 5.91 Å². The number of hydrogen-bond acceptors (Lipinski definition) is 3. The van der Waals surface area contributed by atoms with Crippen molar-refractivity contribution in [2.24, 2.45) is 0 Å². The summed E-state index contributed by atoms with van der Waals surface area (Å²) in [5.74, 6) is -0.724. The van der Waals surface area contributed by atoms with Gasteiger partial charge in [-0.3, -0.25) is 9.59 Å². The third-order valence-corrected chi connectivity index (χ3v) is 2.72. The zero-order valence-corrected chi connectivity index (χ0v) is 10.8. The Morgan fingerprint density at radius 3 is 2.56 bits per heavy atom. The average molecular weight is 250 g/mol. The standard InChI is InChI=1S/C13H18N2O3/c1-4-15(3)13(18)9(2)14-12(17)10-7-5-6-8-11(10)16/h5-9,16H,4H2,1-3H3,(H,14,17). The van der Waals surface area contributed by atoms with Crippen LogP contribution < -0.4 is 5.32 Å². The molecule has 0 aromatic heterocycles. The summed E-state index contributed by atoms with van der Waals surface area (Å²) in [5.41, 5.74) is 0.163. The Morgan fingerprint density at radius 2 is 2.00 bits per heavy atom. The number of nitrogens with zero attached hydrogens (tertiary/aromatic N) is 1. The molecule has 0 saturated heterocycles. The SMILES string of the molecule is CCN(C)C(=O)C(C)NC(=O)c1ccccc1O. The van der Waals surface area contributed by atoms with Crippen LogP contribution in [-0.2, 0) is 4.79 Å². The molecule has 0 aliphatic heterocycles. The van der Waals surface area contributed by atoms with Crippen molar-refractivity contribution >= 4 is 11.8 Å². The number of rotatable bonds is 4. The number of amides is 2. The number of carbonyl (C=O) groups excluding carboxylic acids is 2. The zero-order valence-electron chi connectivity index (χ0n) is 10.8. The molecule has 2 amide bonds. The van der Waals surface area contributed by atoms with E-state index in [2.05, 4.69) is 5.32 Å². The van der Waals surface area contributed by atoms with Gasteiger partial charge in [0.1, 0.15) is 11.8 Å². The van der Waals surface area contributed by atoms with Gasteiger partial charge in [-0.1, -0.05) is 12.1 Å². The Morgan fingerprint density at radius 1 is 1.39 bits per heavy atom. The van der Waals surface area contributed by atoms with Gasteiger partial charge in [0.25, 0.3) is 5.91 Å². The van der Waals surface area contributed by atoms with Crippen LogP contribution in [0.25, 0.3) is 0 Å². The molecule has 0 heterocycles. The van der Waals surface area contributed by atoms with E-state index in [9.17, 15) is 14.7 Å². The molecule has 5 nitrogen and oxygen atoms in total. The maximum atomic E-state index is 11.8. The number of likely N-dealkylation sites (N-methyl/N-ethyl adjacent to an activating group) is 1. The lowest BCUT2D eigenvalue weighted by Crippen LogP contribution is -2.45. The number of carbonyl (C=O) groups is 2. The fourth-order valence-electron chi connectivity index (χ4n) is 1.49. The number of aromatic hydroxyl groups is 1. The van der Waals surface area contributed by atoms with E-state index in [-0.39, 0.29) is 17.2 Å². The van der Waals surface area contributed by atoms with Crippen LogP contribution in [0.5, 0.6) is 5.75 Å². The second-order valence-corrected chi connectivity index (χ2v) is 4.06. The molecule has 0 bridgehead atoms. The maximum Gasteiger partial charge on any atom is 0.255 e. The number of hydrogen-bond donors (Lipinski definition) is 2. The fraction of sp³-hybridized carbons (Fsp3) is 0.385.